The van der Waals surface area contributed by atoms with Gasteiger partial charge in [-0.05, 0) is 13.0 Å². The fourth-order valence-corrected chi connectivity index (χ4v) is 1.82. The summed E-state index contributed by atoms with van der Waals surface area (Å²) < 4.78 is 5.54. The molecular formula is C12H10N4O2. The minimum Gasteiger partial charge on any atom is -0.451 e. The van der Waals surface area contributed by atoms with Gasteiger partial charge in [0.15, 0.2) is 5.76 Å². The Morgan fingerprint density at radius 3 is 2.94 bits per heavy atom. The Hall–Kier alpha value is -2.63. The number of hydrogen-bond donors (Lipinski definition) is 2. The Morgan fingerprint density at radius 2 is 2.22 bits per heavy atom. The van der Waals surface area contributed by atoms with E-state index in [9.17, 15) is 4.79 Å². The maximum atomic E-state index is 12.0. The summed E-state index contributed by atoms with van der Waals surface area (Å²) in [6.45, 7) is 1.85. The number of anilines is 1. The lowest BCUT2D eigenvalue weighted by Gasteiger charge is -1.98. The molecule has 0 bridgehead atoms. The zero-order valence-electron chi connectivity index (χ0n) is 9.60. The van der Waals surface area contributed by atoms with E-state index in [1.165, 1.54) is 6.33 Å². The van der Waals surface area contributed by atoms with E-state index in [4.69, 9.17) is 4.42 Å². The van der Waals surface area contributed by atoms with Gasteiger partial charge >= 0.3 is 0 Å². The molecule has 3 aromatic rings. The van der Waals surface area contributed by atoms with E-state index in [-0.39, 0.29) is 11.7 Å². The molecule has 6 nitrogen and oxygen atoms in total. The molecule has 0 saturated heterocycles. The number of aryl methyl sites for hydroxylation is 1. The highest BCUT2D eigenvalue weighted by Crippen LogP contribution is 2.25. The Bertz CT molecular complexity index is 700. The van der Waals surface area contributed by atoms with E-state index < -0.39 is 0 Å². The van der Waals surface area contributed by atoms with Crippen molar-refractivity contribution in [1.29, 1.82) is 0 Å². The average molecular weight is 242 g/mol. The number of aromatic amines is 1. The predicted octanol–water partition coefficient (Wildman–Crippen LogP) is 2.11. The van der Waals surface area contributed by atoms with Crippen LogP contribution in [0.2, 0.25) is 0 Å². The Labute approximate surface area is 102 Å². The first-order chi connectivity index (χ1) is 8.75. The molecule has 0 saturated carbocycles. The number of nitrogens with one attached hydrogen (secondary N) is 2. The molecule has 3 rings (SSSR count). The molecular weight excluding hydrogens is 232 g/mol. The van der Waals surface area contributed by atoms with Crippen LogP contribution >= 0.6 is 0 Å². The van der Waals surface area contributed by atoms with Gasteiger partial charge in [-0.15, -0.1) is 0 Å². The second kappa shape index (κ2) is 3.99. The van der Waals surface area contributed by atoms with E-state index in [1.807, 2.05) is 31.2 Å². The lowest BCUT2D eigenvalue weighted by molar-refractivity contribution is 0.0997. The number of furan rings is 1. The van der Waals surface area contributed by atoms with Crippen molar-refractivity contribution in [2.75, 3.05) is 5.32 Å². The van der Waals surface area contributed by atoms with Gasteiger partial charge in [-0.3, -0.25) is 10.1 Å². The molecule has 18 heavy (non-hydrogen) atoms. The van der Waals surface area contributed by atoms with Gasteiger partial charge in [-0.25, -0.2) is 5.10 Å². The third-order valence-corrected chi connectivity index (χ3v) is 2.70. The molecule has 1 aromatic carbocycles. The van der Waals surface area contributed by atoms with Crippen LogP contribution in [0.25, 0.3) is 11.0 Å². The number of para-hydroxylation sites is 1. The Balaban J connectivity index is 1.99. The number of amides is 1. The van der Waals surface area contributed by atoms with Gasteiger partial charge in [0.1, 0.15) is 11.9 Å². The summed E-state index contributed by atoms with van der Waals surface area (Å²) in [6.07, 6.45) is 1.32. The third-order valence-electron chi connectivity index (χ3n) is 2.70. The van der Waals surface area contributed by atoms with Crippen LogP contribution in [0.3, 0.4) is 0 Å². The van der Waals surface area contributed by atoms with Crippen molar-refractivity contribution >= 4 is 22.8 Å². The summed E-state index contributed by atoms with van der Waals surface area (Å²) in [5.41, 5.74) is 1.50. The van der Waals surface area contributed by atoms with Gasteiger partial charge in [-0.1, -0.05) is 18.2 Å². The first kappa shape index (κ1) is 10.5. The summed E-state index contributed by atoms with van der Waals surface area (Å²) >= 11 is 0. The van der Waals surface area contributed by atoms with Gasteiger partial charge in [0.25, 0.3) is 5.91 Å². The van der Waals surface area contributed by atoms with Crippen LogP contribution < -0.4 is 5.32 Å². The van der Waals surface area contributed by atoms with Crippen molar-refractivity contribution in [3.05, 3.63) is 41.9 Å². The molecule has 6 heteroatoms. The zero-order chi connectivity index (χ0) is 12.5. The monoisotopic (exact) mass is 242 g/mol. The second-order valence-electron chi connectivity index (χ2n) is 3.84. The summed E-state index contributed by atoms with van der Waals surface area (Å²) in [5, 5.41) is 9.72. The standard InChI is InChI=1S/C12H10N4O2/c1-7-8-4-2-3-5-9(8)18-10(7)11(17)15-12-13-6-14-16-12/h2-6H,1H3,(H2,13,14,15,16,17). The number of carbonyl (C=O) groups is 1. The topological polar surface area (TPSA) is 83.8 Å². The van der Waals surface area contributed by atoms with Gasteiger partial charge < -0.3 is 4.42 Å². The summed E-state index contributed by atoms with van der Waals surface area (Å²) in [6, 6.07) is 7.51. The van der Waals surface area contributed by atoms with Crippen molar-refractivity contribution in [3.63, 3.8) is 0 Å². The smallest absolute Gasteiger partial charge is 0.294 e. The van der Waals surface area contributed by atoms with E-state index in [0.29, 0.717) is 11.5 Å². The van der Waals surface area contributed by atoms with Crippen LogP contribution in [-0.2, 0) is 0 Å². The normalized spacial score (nSPS) is 10.7. The average Bonchev–Trinajstić information content (AvgIpc) is 2.98. The lowest BCUT2D eigenvalue weighted by Crippen LogP contribution is -2.13. The van der Waals surface area contributed by atoms with Crippen molar-refractivity contribution in [2.24, 2.45) is 0 Å². The fraction of sp³-hybridized carbons (Fsp3) is 0.0833. The number of fused-ring (bicyclic) bond motifs is 1. The van der Waals surface area contributed by atoms with Crippen molar-refractivity contribution in [1.82, 2.24) is 15.2 Å². The third kappa shape index (κ3) is 1.64. The molecule has 0 atom stereocenters. The molecule has 2 heterocycles. The summed E-state index contributed by atoms with van der Waals surface area (Å²) in [7, 11) is 0. The molecule has 2 aromatic heterocycles. The SMILES string of the molecule is Cc1c(C(=O)Nc2ncn[nH]2)oc2ccccc12. The Morgan fingerprint density at radius 1 is 1.39 bits per heavy atom. The maximum absolute atomic E-state index is 12.0. The number of rotatable bonds is 2. The molecule has 0 radical (unpaired) electrons. The number of H-pyrrole nitrogens is 1. The van der Waals surface area contributed by atoms with Crippen molar-refractivity contribution < 1.29 is 9.21 Å². The molecule has 90 valence electrons. The van der Waals surface area contributed by atoms with E-state index in [2.05, 4.69) is 20.5 Å². The van der Waals surface area contributed by atoms with Gasteiger partial charge in [-0.2, -0.15) is 10.1 Å². The number of hydrogen-bond acceptors (Lipinski definition) is 4. The first-order valence-electron chi connectivity index (χ1n) is 5.40. The minimum atomic E-state index is -0.347. The number of aromatic nitrogens is 3. The number of benzene rings is 1. The zero-order valence-corrected chi connectivity index (χ0v) is 9.60. The van der Waals surface area contributed by atoms with Gasteiger partial charge in [0.2, 0.25) is 5.95 Å². The number of nitrogens with zero attached hydrogens (tertiary/aromatic N) is 2. The van der Waals surface area contributed by atoms with Crippen molar-refractivity contribution in [3.8, 4) is 0 Å². The molecule has 0 aliphatic heterocycles. The van der Waals surface area contributed by atoms with Crippen LogP contribution in [0.1, 0.15) is 16.1 Å². The summed E-state index contributed by atoms with van der Waals surface area (Å²) in [5.74, 6) is 0.230. The highest BCUT2D eigenvalue weighted by molar-refractivity contribution is 6.05. The molecule has 1 amide bonds. The highest BCUT2D eigenvalue weighted by atomic mass is 16.3. The highest BCUT2D eigenvalue weighted by Gasteiger charge is 2.17. The quantitative estimate of drug-likeness (QED) is 0.720. The van der Waals surface area contributed by atoms with E-state index >= 15 is 0 Å². The van der Waals surface area contributed by atoms with Crippen LogP contribution in [0, 0.1) is 6.92 Å². The lowest BCUT2D eigenvalue weighted by atomic mass is 10.1. The largest absolute Gasteiger partial charge is 0.451 e. The first-order valence-corrected chi connectivity index (χ1v) is 5.40. The van der Waals surface area contributed by atoms with Gasteiger partial charge in [0, 0.05) is 10.9 Å². The Kier molecular flexibility index (Phi) is 2.33. The van der Waals surface area contributed by atoms with Crippen LogP contribution in [-0.4, -0.2) is 21.1 Å². The molecule has 0 aliphatic rings. The molecule has 0 aliphatic carbocycles. The maximum Gasteiger partial charge on any atom is 0.294 e. The molecule has 0 fully saturated rings. The van der Waals surface area contributed by atoms with Crippen LogP contribution in [0.4, 0.5) is 5.95 Å². The second-order valence-corrected chi connectivity index (χ2v) is 3.84. The molecule has 0 spiro atoms. The number of carbonyl (C=O) groups excluding carboxylic acids is 1. The van der Waals surface area contributed by atoms with Crippen LogP contribution in [0.5, 0.6) is 0 Å². The van der Waals surface area contributed by atoms with Crippen LogP contribution in [0.15, 0.2) is 35.0 Å². The van der Waals surface area contributed by atoms with Crippen molar-refractivity contribution in [2.45, 2.75) is 6.92 Å². The van der Waals surface area contributed by atoms with E-state index in [0.717, 1.165) is 10.9 Å². The minimum absolute atomic E-state index is 0.285. The predicted molar refractivity (Wildman–Crippen MR) is 65.3 cm³/mol. The van der Waals surface area contributed by atoms with Gasteiger partial charge in [0.05, 0.1) is 0 Å². The fourth-order valence-electron chi connectivity index (χ4n) is 1.82. The molecule has 2 N–H and O–H groups in total. The molecule has 0 unspecified atom stereocenters. The van der Waals surface area contributed by atoms with E-state index in [1.54, 1.807) is 0 Å². The summed E-state index contributed by atoms with van der Waals surface area (Å²) in [4.78, 5) is 15.8.